The molecule has 0 bridgehead atoms. The lowest BCUT2D eigenvalue weighted by molar-refractivity contribution is 0.566. The minimum atomic E-state index is -0.616. The molecule has 1 unspecified atom stereocenters. The van der Waals surface area contributed by atoms with E-state index in [1.807, 2.05) is 6.07 Å². The molecule has 2 nitrogen and oxygen atoms in total. The van der Waals surface area contributed by atoms with Gasteiger partial charge in [0.25, 0.3) is 0 Å². The Balaban J connectivity index is 2.23. The lowest BCUT2D eigenvalue weighted by Crippen LogP contribution is -2.09. The number of anilines is 1. The molecule has 0 aliphatic rings. The zero-order valence-electron chi connectivity index (χ0n) is 10.6. The van der Waals surface area contributed by atoms with Gasteiger partial charge in [0.1, 0.15) is 11.6 Å². The summed E-state index contributed by atoms with van der Waals surface area (Å²) in [4.78, 5) is 0. The highest BCUT2D eigenvalue weighted by Gasteiger charge is 2.13. The van der Waals surface area contributed by atoms with Crippen LogP contribution in [0, 0.1) is 23.0 Å². The molecule has 2 rings (SSSR count). The predicted molar refractivity (Wildman–Crippen MR) is 74.6 cm³/mol. The van der Waals surface area contributed by atoms with Crippen LogP contribution in [0.3, 0.4) is 0 Å². The second-order valence-corrected chi connectivity index (χ2v) is 4.75. The first-order valence-electron chi connectivity index (χ1n) is 5.92. The van der Waals surface area contributed by atoms with Crippen LogP contribution < -0.4 is 5.32 Å². The van der Waals surface area contributed by atoms with Crippen LogP contribution in [0.2, 0.25) is 5.02 Å². The summed E-state index contributed by atoms with van der Waals surface area (Å²) in [5.74, 6) is -1.23. The van der Waals surface area contributed by atoms with Crippen LogP contribution >= 0.6 is 11.6 Å². The largest absolute Gasteiger partial charge is 0.377 e. The van der Waals surface area contributed by atoms with Gasteiger partial charge in [-0.2, -0.15) is 5.26 Å². The molecule has 2 aromatic rings. The Morgan fingerprint density at radius 1 is 1.20 bits per heavy atom. The average Bonchev–Trinajstić information content (AvgIpc) is 2.40. The van der Waals surface area contributed by atoms with Crippen molar-refractivity contribution in [3.05, 3.63) is 64.2 Å². The van der Waals surface area contributed by atoms with Gasteiger partial charge in [-0.05, 0) is 31.2 Å². The minimum absolute atomic E-state index is 0.340. The Morgan fingerprint density at radius 2 is 1.95 bits per heavy atom. The van der Waals surface area contributed by atoms with E-state index >= 15 is 0 Å². The molecular weight excluding hydrogens is 282 g/mol. The molecule has 0 amide bonds. The third kappa shape index (κ3) is 3.06. The predicted octanol–water partition coefficient (Wildman–Crippen LogP) is 4.66. The first kappa shape index (κ1) is 14.3. The Bertz CT molecular complexity index is 680. The molecule has 1 atom stereocenters. The maximum Gasteiger partial charge on any atom is 0.131 e. The van der Waals surface area contributed by atoms with Gasteiger partial charge in [-0.1, -0.05) is 17.7 Å². The fraction of sp³-hybridized carbons (Fsp3) is 0.133. The van der Waals surface area contributed by atoms with E-state index in [0.29, 0.717) is 21.8 Å². The van der Waals surface area contributed by atoms with E-state index in [1.165, 1.54) is 18.2 Å². The van der Waals surface area contributed by atoms with Gasteiger partial charge in [0.15, 0.2) is 0 Å². The second-order valence-electron chi connectivity index (χ2n) is 4.34. The van der Waals surface area contributed by atoms with Gasteiger partial charge in [0.05, 0.1) is 28.4 Å². The van der Waals surface area contributed by atoms with Crippen LogP contribution in [-0.4, -0.2) is 0 Å². The van der Waals surface area contributed by atoms with Crippen molar-refractivity contribution >= 4 is 17.3 Å². The fourth-order valence-electron chi connectivity index (χ4n) is 1.87. The highest BCUT2D eigenvalue weighted by Crippen LogP contribution is 2.28. The van der Waals surface area contributed by atoms with Gasteiger partial charge in [0.2, 0.25) is 0 Å². The maximum atomic E-state index is 13.7. The van der Waals surface area contributed by atoms with Crippen molar-refractivity contribution in [2.24, 2.45) is 0 Å². The van der Waals surface area contributed by atoms with Gasteiger partial charge in [-0.3, -0.25) is 0 Å². The van der Waals surface area contributed by atoms with Crippen LogP contribution in [0.25, 0.3) is 0 Å². The van der Waals surface area contributed by atoms with E-state index in [9.17, 15) is 8.78 Å². The molecular formula is C15H11ClF2N2. The van der Waals surface area contributed by atoms with Crippen molar-refractivity contribution < 1.29 is 8.78 Å². The molecule has 0 aliphatic carbocycles. The lowest BCUT2D eigenvalue weighted by Gasteiger charge is -2.17. The molecule has 0 aromatic heterocycles. The minimum Gasteiger partial charge on any atom is -0.377 e. The smallest absolute Gasteiger partial charge is 0.131 e. The summed E-state index contributed by atoms with van der Waals surface area (Å²) in [6.45, 7) is 1.74. The van der Waals surface area contributed by atoms with Gasteiger partial charge < -0.3 is 5.32 Å². The molecule has 20 heavy (non-hydrogen) atoms. The van der Waals surface area contributed by atoms with Crippen LogP contribution in [0.4, 0.5) is 14.5 Å². The Labute approximate surface area is 120 Å². The first-order chi connectivity index (χ1) is 9.51. The topological polar surface area (TPSA) is 35.8 Å². The van der Waals surface area contributed by atoms with Crippen molar-refractivity contribution in [3.8, 4) is 6.07 Å². The number of benzene rings is 2. The summed E-state index contributed by atoms with van der Waals surface area (Å²) < 4.78 is 26.5. The zero-order valence-corrected chi connectivity index (χ0v) is 11.4. The Hall–Kier alpha value is -2.12. The summed E-state index contributed by atoms with van der Waals surface area (Å²) in [7, 11) is 0. The van der Waals surface area contributed by atoms with Crippen LogP contribution in [0.1, 0.15) is 24.1 Å². The summed E-state index contributed by atoms with van der Waals surface area (Å²) in [5.41, 5.74) is 1.37. The summed E-state index contributed by atoms with van der Waals surface area (Å²) in [6.07, 6.45) is 0. The number of nitrogens with one attached hydrogen (secondary N) is 1. The Morgan fingerprint density at radius 3 is 2.55 bits per heavy atom. The third-order valence-electron chi connectivity index (χ3n) is 2.90. The zero-order chi connectivity index (χ0) is 14.7. The van der Waals surface area contributed by atoms with Crippen molar-refractivity contribution in [2.75, 3.05) is 5.32 Å². The molecule has 0 saturated carbocycles. The van der Waals surface area contributed by atoms with Crippen LogP contribution in [-0.2, 0) is 0 Å². The molecule has 5 heteroatoms. The molecule has 0 spiro atoms. The van der Waals surface area contributed by atoms with Crippen LogP contribution in [0.5, 0.6) is 0 Å². The quantitative estimate of drug-likeness (QED) is 0.893. The molecule has 0 aliphatic heterocycles. The van der Waals surface area contributed by atoms with E-state index in [0.717, 1.165) is 6.07 Å². The summed E-state index contributed by atoms with van der Waals surface area (Å²) in [5, 5.41) is 12.2. The van der Waals surface area contributed by atoms with Gasteiger partial charge in [0, 0.05) is 11.6 Å². The molecule has 2 aromatic carbocycles. The molecule has 1 N–H and O–H groups in total. The number of hydrogen-bond donors (Lipinski definition) is 1. The van der Waals surface area contributed by atoms with Crippen molar-refractivity contribution in [1.29, 1.82) is 5.26 Å². The highest BCUT2D eigenvalue weighted by molar-refractivity contribution is 6.33. The van der Waals surface area contributed by atoms with Crippen LogP contribution in [0.15, 0.2) is 36.4 Å². The molecule has 0 saturated heterocycles. The molecule has 102 valence electrons. The van der Waals surface area contributed by atoms with Crippen molar-refractivity contribution in [2.45, 2.75) is 13.0 Å². The second kappa shape index (κ2) is 5.89. The normalized spacial score (nSPS) is 11.8. The monoisotopic (exact) mass is 292 g/mol. The van der Waals surface area contributed by atoms with Crippen molar-refractivity contribution in [1.82, 2.24) is 0 Å². The molecule has 0 heterocycles. The van der Waals surface area contributed by atoms with Gasteiger partial charge >= 0.3 is 0 Å². The highest BCUT2D eigenvalue weighted by atomic mass is 35.5. The standard InChI is InChI=1S/C15H11ClF2N2/c1-9(12-4-3-11(17)7-14(12)18)20-15-5-2-10(8-19)6-13(15)16/h2-7,9,20H,1H3. The number of hydrogen-bond acceptors (Lipinski definition) is 2. The number of rotatable bonds is 3. The van der Waals surface area contributed by atoms with E-state index in [4.69, 9.17) is 16.9 Å². The summed E-state index contributed by atoms with van der Waals surface area (Å²) in [6, 6.07) is 9.82. The van der Waals surface area contributed by atoms with E-state index < -0.39 is 11.6 Å². The fourth-order valence-corrected chi connectivity index (χ4v) is 2.10. The van der Waals surface area contributed by atoms with Crippen molar-refractivity contribution in [3.63, 3.8) is 0 Å². The molecule has 0 fully saturated rings. The average molecular weight is 293 g/mol. The number of nitrogens with zero attached hydrogens (tertiary/aromatic N) is 1. The SMILES string of the molecule is CC(Nc1ccc(C#N)cc1Cl)c1ccc(F)cc1F. The third-order valence-corrected chi connectivity index (χ3v) is 3.21. The van der Waals surface area contributed by atoms with Gasteiger partial charge in [-0.15, -0.1) is 0 Å². The van der Waals surface area contributed by atoms with E-state index in [1.54, 1.807) is 19.1 Å². The van der Waals surface area contributed by atoms with Gasteiger partial charge in [-0.25, -0.2) is 8.78 Å². The maximum absolute atomic E-state index is 13.7. The molecule has 0 radical (unpaired) electrons. The number of halogens is 3. The first-order valence-corrected chi connectivity index (χ1v) is 6.30. The van der Waals surface area contributed by atoms with E-state index in [-0.39, 0.29) is 6.04 Å². The lowest BCUT2D eigenvalue weighted by atomic mass is 10.1. The number of nitriles is 1. The van der Waals surface area contributed by atoms with E-state index in [2.05, 4.69) is 5.32 Å². The Kier molecular flexibility index (Phi) is 4.21. The summed E-state index contributed by atoms with van der Waals surface area (Å²) >= 11 is 6.04.